The van der Waals surface area contributed by atoms with Crippen molar-refractivity contribution < 1.29 is 19.0 Å². The van der Waals surface area contributed by atoms with Gasteiger partial charge in [-0.15, -0.1) is 0 Å². The highest BCUT2D eigenvalue weighted by Gasteiger charge is 2.69. The normalized spacial score (nSPS) is 50.3. The summed E-state index contributed by atoms with van der Waals surface area (Å²) in [6.07, 6.45) is 5.15. The molecule has 0 radical (unpaired) electrons. The lowest BCUT2D eigenvalue weighted by atomic mass is 9.55. The van der Waals surface area contributed by atoms with Gasteiger partial charge in [0.15, 0.2) is 5.67 Å². The van der Waals surface area contributed by atoms with Gasteiger partial charge in [-0.3, -0.25) is 0 Å². The van der Waals surface area contributed by atoms with E-state index in [2.05, 4.69) is 5.32 Å². The van der Waals surface area contributed by atoms with Crippen molar-refractivity contribution in [3.05, 3.63) is 11.6 Å². The quantitative estimate of drug-likeness (QED) is 0.569. The van der Waals surface area contributed by atoms with E-state index >= 15 is 8.78 Å². The molecular weight excluding hydrogens is 336 g/mol. The molecular formula is C21H35F2NO2. The predicted molar refractivity (Wildman–Crippen MR) is 99.4 cm³/mol. The Labute approximate surface area is 156 Å². The lowest BCUT2D eigenvalue weighted by Crippen LogP contribution is -2.66. The predicted octanol–water partition coefficient (Wildman–Crippen LogP) is 3.69. The van der Waals surface area contributed by atoms with Crippen LogP contribution in [0.15, 0.2) is 11.6 Å². The van der Waals surface area contributed by atoms with Gasteiger partial charge in [-0.2, -0.15) is 0 Å². The van der Waals surface area contributed by atoms with Crippen LogP contribution in [0, 0.1) is 17.3 Å². The molecule has 5 heteroatoms. The molecule has 26 heavy (non-hydrogen) atoms. The molecule has 0 aromatic heterocycles. The van der Waals surface area contributed by atoms with Crippen LogP contribution < -0.4 is 5.32 Å². The van der Waals surface area contributed by atoms with E-state index in [9.17, 15) is 10.2 Å². The minimum atomic E-state index is -2.29. The monoisotopic (exact) mass is 371 g/mol. The molecule has 4 aliphatic carbocycles. The number of nitrogens with one attached hydrogen (secondary N) is 1. The van der Waals surface area contributed by atoms with Gasteiger partial charge in [-0.1, -0.05) is 18.9 Å². The molecule has 150 valence electrons. The van der Waals surface area contributed by atoms with Gasteiger partial charge in [0.2, 0.25) is 0 Å². The van der Waals surface area contributed by atoms with Crippen LogP contribution in [0.25, 0.3) is 0 Å². The van der Waals surface area contributed by atoms with E-state index in [0.717, 1.165) is 37.7 Å². The number of rotatable bonds is 0. The van der Waals surface area contributed by atoms with Gasteiger partial charge < -0.3 is 15.5 Å². The molecule has 6 unspecified atom stereocenters. The summed E-state index contributed by atoms with van der Waals surface area (Å²) in [5.74, 6) is 0.0365. The maximum Gasteiger partial charge on any atom is 0.189 e. The first-order valence-electron chi connectivity index (χ1n) is 10.2. The number of aliphatic hydroxyl groups excluding tert-OH is 1. The van der Waals surface area contributed by atoms with Crippen LogP contribution in [0.1, 0.15) is 64.7 Å². The SMILES string of the molecule is CC12CCCC1[C@@]1(O)CCC3CCC(O)CC3=CC1(F)C(F)C2.CNC. The van der Waals surface area contributed by atoms with Gasteiger partial charge in [0.25, 0.3) is 0 Å². The molecule has 4 rings (SSSR count). The first-order chi connectivity index (χ1) is 12.2. The Hall–Kier alpha value is -0.520. The molecule has 3 fully saturated rings. The van der Waals surface area contributed by atoms with Crippen molar-refractivity contribution in [2.75, 3.05) is 14.1 Å². The second kappa shape index (κ2) is 7.14. The molecule has 0 aliphatic heterocycles. The maximum atomic E-state index is 16.0. The van der Waals surface area contributed by atoms with Gasteiger partial charge >= 0.3 is 0 Å². The summed E-state index contributed by atoms with van der Waals surface area (Å²) in [7, 11) is 3.75. The Kier molecular flexibility index (Phi) is 5.55. The molecule has 3 nitrogen and oxygen atoms in total. The fourth-order valence-electron chi connectivity index (χ4n) is 6.26. The van der Waals surface area contributed by atoms with Crippen LogP contribution in [0.3, 0.4) is 0 Å². The Morgan fingerprint density at radius 2 is 1.85 bits per heavy atom. The number of hydrogen-bond donors (Lipinski definition) is 3. The third-order valence-electron chi connectivity index (χ3n) is 7.54. The average Bonchev–Trinajstić information content (AvgIpc) is 2.90. The topological polar surface area (TPSA) is 52.5 Å². The third-order valence-corrected chi connectivity index (χ3v) is 7.54. The van der Waals surface area contributed by atoms with Gasteiger partial charge in [-0.05, 0) is 88.8 Å². The third kappa shape index (κ3) is 3.04. The number of hydrogen-bond acceptors (Lipinski definition) is 3. The lowest BCUT2D eigenvalue weighted by Gasteiger charge is -2.55. The summed E-state index contributed by atoms with van der Waals surface area (Å²) in [6, 6.07) is 0. The Bertz CT molecular complexity index is 556. The van der Waals surface area contributed by atoms with E-state index in [1.165, 1.54) is 6.08 Å². The van der Waals surface area contributed by atoms with Crippen molar-refractivity contribution >= 4 is 0 Å². The standard InChI is InChI=1S/C19H28F2O2.C2H7N/c1-17-7-2-3-15(17)19(23)8-6-12-4-5-14(22)9-13(12)10-18(19,21)16(20)11-17;1-3-2/h10,12,14-16,22-23H,2-9,11H2,1H3;3H,1-2H3/t12?,14?,15?,16?,17?,18?,19-;/m0./s1. The minimum Gasteiger partial charge on any atom is -0.393 e. The highest BCUT2D eigenvalue weighted by molar-refractivity contribution is 5.31. The zero-order valence-electron chi connectivity index (χ0n) is 16.4. The summed E-state index contributed by atoms with van der Waals surface area (Å²) in [4.78, 5) is 0. The Balaban J connectivity index is 0.000000613. The molecule has 0 amide bonds. The zero-order chi connectivity index (χ0) is 19.2. The number of halogens is 2. The van der Waals surface area contributed by atoms with Crippen molar-refractivity contribution in [1.82, 2.24) is 5.32 Å². The van der Waals surface area contributed by atoms with Gasteiger partial charge in [0.05, 0.1) is 6.10 Å². The summed E-state index contributed by atoms with van der Waals surface area (Å²) >= 11 is 0. The van der Waals surface area contributed by atoms with Gasteiger partial charge in [0, 0.05) is 0 Å². The average molecular weight is 372 g/mol. The number of aliphatic hydroxyl groups is 2. The highest BCUT2D eigenvalue weighted by Crippen LogP contribution is 2.63. The summed E-state index contributed by atoms with van der Waals surface area (Å²) in [5.41, 5.74) is -3.32. The highest BCUT2D eigenvalue weighted by atomic mass is 19.2. The van der Waals surface area contributed by atoms with Crippen molar-refractivity contribution in [2.45, 2.75) is 88.3 Å². The van der Waals surface area contributed by atoms with E-state index in [4.69, 9.17) is 0 Å². The second-order valence-electron chi connectivity index (χ2n) is 9.35. The van der Waals surface area contributed by atoms with E-state index < -0.39 is 23.5 Å². The van der Waals surface area contributed by atoms with Crippen LogP contribution in [0.2, 0.25) is 0 Å². The summed E-state index contributed by atoms with van der Waals surface area (Å²) in [5, 5.41) is 24.1. The van der Waals surface area contributed by atoms with Crippen molar-refractivity contribution in [3.8, 4) is 0 Å². The smallest absolute Gasteiger partial charge is 0.189 e. The van der Waals surface area contributed by atoms with Gasteiger partial charge in [-0.25, -0.2) is 8.78 Å². The maximum absolute atomic E-state index is 16.0. The van der Waals surface area contributed by atoms with Crippen molar-refractivity contribution in [3.63, 3.8) is 0 Å². The van der Waals surface area contributed by atoms with E-state index in [1.807, 2.05) is 21.0 Å². The molecule has 0 aromatic carbocycles. The lowest BCUT2D eigenvalue weighted by molar-refractivity contribution is -0.207. The first-order valence-corrected chi connectivity index (χ1v) is 10.2. The molecule has 0 saturated heterocycles. The first kappa shape index (κ1) is 20.2. The molecule has 3 N–H and O–H groups in total. The number of alkyl halides is 2. The fourth-order valence-corrected chi connectivity index (χ4v) is 6.26. The zero-order valence-corrected chi connectivity index (χ0v) is 16.4. The van der Waals surface area contributed by atoms with Crippen molar-refractivity contribution in [2.24, 2.45) is 17.3 Å². The van der Waals surface area contributed by atoms with E-state index in [-0.39, 0.29) is 23.7 Å². The molecule has 0 aromatic rings. The fraction of sp³-hybridized carbons (Fsp3) is 0.905. The molecule has 0 bridgehead atoms. The Morgan fingerprint density at radius 3 is 2.54 bits per heavy atom. The Morgan fingerprint density at radius 1 is 1.15 bits per heavy atom. The van der Waals surface area contributed by atoms with E-state index in [1.54, 1.807) is 0 Å². The van der Waals surface area contributed by atoms with Crippen LogP contribution in [0.4, 0.5) is 8.78 Å². The van der Waals surface area contributed by atoms with Crippen LogP contribution >= 0.6 is 0 Å². The molecule has 4 aliphatic rings. The molecule has 3 saturated carbocycles. The van der Waals surface area contributed by atoms with Crippen LogP contribution in [0.5, 0.6) is 0 Å². The number of fused-ring (bicyclic) bond motifs is 4. The molecule has 0 heterocycles. The summed E-state index contributed by atoms with van der Waals surface area (Å²) < 4.78 is 31.0. The largest absolute Gasteiger partial charge is 0.393 e. The van der Waals surface area contributed by atoms with Crippen molar-refractivity contribution in [1.29, 1.82) is 0 Å². The molecule has 7 atom stereocenters. The summed E-state index contributed by atoms with van der Waals surface area (Å²) in [6.45, 7) is 2.03. The van der Waals surface area contributed by atoms with Crippen LogP contribution in [-0.2, 0) is 0 Å². The van der Waals surface area contributed by atoms with Crippen LogP contribution in [-0.4, -0.2) is 47.9 Å². The minimum absolute atomic E-state index is 0.158. The van der Waals surface area contributed by atoms with E-state index in [0.29, 0.717) is 19.3 Å². The molecule has 0 spiro atoms. The van der Waals surface area contributed by atoms with Gasteiger partial charge in [0.1, 0.15) is 11.8 Å². The second-order valence-corrected chi connectivity index (χ2v) is 9.35.